The Morgan fingerprint density at radius 2 is 2.05 bits per heavy atom. The molecule has 0 saturated carbocycles. The van der Waals surface area contributed by atoms with Crippen LogP contribution in [0.3, 0.4) is 0 Å². The van der Waals surface area contributed by atoms with E-state index in [1.54, 1.807) is 0 Å². The molecular weight excluding hydrogens is 294 g/mol. The summed E-state index contributed by atoms with van der Waals surface area (Å²) in [5.41, 5.74) is 5.83. The van der Waals surface area contributed by atoms with Gasteiger partial charge in [0.1, 0.15) is 4.90 Å². The molecule has 0 aliphatic heterocycles. The molecular formula is C9H7ClN5O3S. The quantitative estimate of drug-likeness (QED) is 0.712. The summed E-state index contributed by atoms with van der Waals surface area (Å²) in [6.07, 6.45) is 0. The zero-order valence-corrected chi connectivity index (χ0v) is 10.8. The smallest absolute Gasteiger partial charge is 0.295 e. The lowest BCUT2D eigenvalue weighted by molar-refractivity contribution is 0.483. The molecule has 4 N–H and O–H groups in total. The topological polar surface area (TPSA) is 131 Å². The highest BCUT2D eigenvalue weighted by molar-refractivity contribution is 7.85. The van der Waals surface area contributed by atoms with Gasteiger partial charge in [-0.3, -0.25) is 4.55 Å². The Hall–Kier alpha value is -1.97. The maximum atomic E-state index is 10.8. The first-order valence-electron chi connectivity index (χ1n) is 4.78. The molecule has 0 atom stereocenters. The van der Waals surface area contributed by atoms with Crippen molar-refractivity contribution in [1.29, 1.82) is 0 Å². The van der Waals surface area contributed by atoms with Gasteiger partial charge in [-0.25, -0.2) is 0 Å². The first-order valence-corrected chi connectivity index (χ1v) is 6.60. The second-order valence-electron chi connectivity index (χ2n) is 3.33. The third-order valence-electron chi connectivity index (χ3n) is 1.94. The van der Waals surface area contributed by atoms with Gasteiger partial charge in [-0.2, -0.15) is 23.4 Å². The van der Waals surface area contributed by atoms with E-state index in [9.17, 15) is 8.42 Å². The third-order valence-corrected chi connectivity index (χ3v) is 2.92. The van der Waals surface area contributed by atoms with E-state index < -0.39 is 10.1 Å². The molecule has 19 heavy (non-hydrogen) atoms. The van der Waals surface area contributed by atoms with Crippen molar-refractivity contribution in [3.63, 3.8) is 0 Å². The van der Waals surface area contributed by atoms with Crippen LogP contribution >= 0.6 is 11.6 Å². The minimum absolute atomic E-state index is 0.0546. The van der Waals surface area contributed by atoms with E-state index in [1.165, 1.54) is 18.2 Å². The van der Waals surface area contributed by atoms with Crippen molar-refractivity contribution in [3.8, 4) is 0 Å². The first kappa shape index (κ1) is 13.5. The fraction of sp³-hybridized carbons (Fsp3) is 0. The van der Waals surface area contributed by atoms with Gasteiger partial charge in [0.25, 0.3) is 10.1 Å². The Balaban J connectivity index is 2.24. The zero-order chi connectivity index (χ0) is 14.0. The van der Waals surface area contributed by atoms with Gasteiger partial charge in [0.15, 0.2) is 0 Å². The second kappa shape index (κ2) is 4.96. The van der Waals surface area contributed by atoms with Crippen LogP contribution in [0.15, 0.2) is 23.1 Å². The Morgan fingerprint density at radius 3 is 2.58 bits per heavy atom. The van der Waals surface area contributed by atoms with Crippen LogP contribution in [0.4, 0.5) is 17.6 Å². The standard InChI is InChI=1S/C9H7ClN5O3S/c10-7-13-8(11)15-9(14-7)12-5-1-3-6(4-2-5)19(16,17)18/h1-3H,(H,16,17,18)(H3,11,12,13,14,15). The van der Waals surface area contributed by atoms with Crippen LogP contribution in [0.1, 0.15) is 0 Å². The number of anilines is 3. The van der Waals surface area contributed by atoms with Crippen LogP contribution in [-0.2, 0) is 10.1 Å². The van der Waals surface area contributed by atoms with Crippen molar-refractivity contribution in [1.82, 2.24) is 15.0 Å². The molecule has 1 aromatic heterocycles. The summed E-state index contributed by atoms with van der Waals surface area (Å²) in [4.78, 5) is 10.8. The summed E-state index contributed by atoms with van der Waals surface area (Å²) in [6.45, 7) is 0. The Kier molecular flexibility index (Phi) is 3.51. The number of nitrogens with one attached hydrogen (secondary N) is 1. The fourth-order valence-corrected chi connectivity index (χ4v) is 1.81. The summed E-state index contributed by atoms with van der Waals surface area (Å²) in [7, 11) is -4.27. The maximum Gasteiger partial charge on any atom is 0.295 e. The monoisotopic (exact) mass is 300 g/mol. The van der Waals surface area contributed by atoms with Crippen LogP contribution in [0.5, 0.6) is 0 Å². The third kappa shape index (κ3) is 3.50. The molecule has 10 heteroatoms. The van der Waals surface area contributed by atoms with E-state index in [2.05, 4.69) is 26.3 Å². The normalized spacial score (nSPS) is 11.3. The van der Waals surface area contributed by atoms with E-state index in [1.807, 2.05) is 0 Å². The lowest BCUT2D eigenvalue weighted by atomic mass is 10.3. The highest BCUT2D eigenvalue weighted by Gasteiger charge is 2.09. The summed E-state index contributed by atoms with van der Waals surface area (Å²) >= 11 is 5.60. The van der Waals surface area contributed by atoms with Crippen molar-refractivity contribution in [2.75, 3.05) is 11.1 Å². The highest BCUT2D eigenvalue weighted by Crippen LogP contribution is 2.17. The summed E-state index contributed by atoms with van der Waals surface area (Å²) < 4.78 is 30.5. The maximum absolute atomic E-state index is 10.8. The highest BCUT2D eigenvalue weighted by atomic mass is 35.5. The van der Waals surface area contributed by atoms with Crippen LogP contribution < -0.4 is 11.1 Å². The first-order chi connectivity index (χ1) is 8.84. The molecule has 8 nitrogen and oxygen atoms in total. The van der Waals surface area contributed by atoms with Crippen LogP contribution in [0.25, 0.3) is 0 Å². The van der Waals surface area contributed by atoms with E-state index >= 15 is 0 Å². The molecule has 0 bridgehead atoms. The van der Waals surface area contributed by atoms with Crippen molar-refractivity contribution in [3.05, 3.63) is 29.5 Å². The second-order valence-corrected chi connectivity index (χ2v) is 5.06. The van der Waals surface area contributed by atoms with E-state index in [4.69, 9.17) is 21.9 Å². The van der Waals surface area contributed by atoms with Crippen molar-refractivity contribution in [2.24, 2.45) is 0 Å². The van der Waals surface area contributed by atoms with Crippen LogP contribution in [0, 0.1) is 6.07 Å². The summed E-state index contributed by atoms with van der Waals surface area (Å²) in [6, 6.07) is 6.26. The average molecular weight is 301 g/mol. The molecule has 2 aromatic rings. The van der Waals surface area contributed by atoms with Gasteiger partial charge < -0.3 is 11.1 Å². The number of aromatic nitrogens is 3. The SMILES string of the molecule is Nc1nc(Cl)nc(Nc2c[c]c(S(=O)(=O)O)cc2)n1. The molecule has 1 aromatic carbocycles. The number of hydrogen-bond donors (Lipinski definition) is 3. The number of nitrogen functional groups attached to an aromatic ring is 1. The predicted molar refractivity (Wildman–Crippen MR) is 67.6 cm³/mol. The van der Waals surface area contributed by atoms with E-state index in [-0.39, 0.29) is 22.1 Å². The molecule has 0 saturated heterocycles. The Bertz CT molecular complexity index is 684. The number of nitrogens with two attached hydrogens (primary N) is 1. The number of halogens is 1. The molecule has 99 valence electrons. The van der Waals surface area contributed by atoms with Gasteiger partial charge in [-0.1, -0.05) is 0 Å². The summed E-state index contributed by atoms with van der Waals surface area (Å²) in [5, 5.41) is 2.65. The van der Waals surface area contributed by atoms with Gasteiger partial charge in [-0.15, -0.1) is 0 Å². The number of rotatable bonds is 3. The van der Waals surface area contributed by atoms with Gasteiger partial charge in [0.05, 0.1) is 0 Å². The summed E-state index contributed by atoms with van der Waals surface area (Å²) in [5.74, 6) is 0.0477. The zero-order valence-electron chi connectivity index (χ0n) is 9.20. The van der Waals surface area contributed by atoms with E-state index in [0.717, 1.165) is 0 Å². The predicted octanol–water partition coefficient (Wildman–Crippen LogP) is 0.898. The minimum Gasteiger partial charge on any atom is -0.368 e. The fourth-order valence-electron chi connectivity index (χ4n) is 1.20. The number of hydrogen-bond acceptors (Lipinski definition) is 7. The molecule has 2 rings (SSSR count). The van der Waals surface area contributed by atoms with Crippen molar-refractivity contribution < 1.29 is 13.0 Å². The van der Waals surface area contributed by atoms with Gasteiger partial charge in [-0.05, 0) is 29.8 Å². The minimum atomic E-state index is -4.27. The molecule has 0 spiro atoms. The van der Waals surface area contributed by atoms with Crippen molar-refractivity contribution in [2.45, 2.75) is 4.90 Å². The molecule has 0 aliphatic carbocycles. The molecule has 0 aliphatic rings. The van der Waals surface area contributed by atoms with Crippen LogP contribution in [0.2, 0.25) is 5.28 Å². The lowest BCUT2D eigenvalue weighted by Gasteiger charge is -2.05. The largest absolute Gasteiger partial charge is 0.368 e. The lowest BCUT2D eigenvalue weighted by Crippen LogP contribution is -2.03. The molecule has 1 heterocycles. The number of benzene rings is 1. The van der Waals surface area contributed by atoms with E-state index in [0.29, 0.717) is 5.69 Å². The van der Waals surface area contributed by atoms with Crippen LogP contribution in [-0.4, -0.2) is 27.9 Å². The number of nitrogens with zero attached hydrogens (tertiary/aromatic N) is 3. The molecule has 0 fully saturated rings. The Morgan fingerprint density at radius 1 is 1.32 bits per heavy atom. The Labute approximate surface area is 113 Å². The van der Waals surface area contributed by atoms with Crippen molar-refractivity contribution >= 4 is 39.3 Å². The molecule has 1 radical (unpaired) electrons. The van der Waals surface area contributed by atoms with Gasteiger partial charge in [0.2, 0.25) is 17.2 Å². The van der Waals surface area contributed by atoms with Gasteiger partial charge >= 0.3 is 0 Å². The molecule has 0 amide bonds. The molecule has 0 unspecified atom stereocenters. The average Bonchev–Trinajstić information content (AvgIpc) is 2.26. The van der Waals surface area contributed by atoms with Gasteiger partial charge in [0, 0.05) is 11.8 Å².